The standard InChI is InChI=1S/C20H21ClN4O2.BrH/c1-14(26)23(2)11-12-24-17-5-3-4-6-18(17)25(20(24)22)13-19(27)15-7-9-16(21)10-8-15;/h3-10,22H,11-13H2,1-2H3;1H. The lowest BCUT2D eigenvalue weighted by Crippen LogP contribution is -2.33. The van der Waals surface area contributed by atoms with E-state index in [0.29, 0.717) is 23.7 Å². The van der Waals surface area contributed by atoms with Crippen LogP contribution in [-0.2, 0) is 17.9 Å². The predicted octanol–water partition coefficient (Wildman–Crippen LogP) is 3.51. The number of rotatable bonds is 6. The molecule has 0 saturated carbocycles. The molecule has 0 saturated heterocycles. The van der Waals surface area contributed by atoms with Crippen molar-refractivity contribution in [3.05, 3.63) is 64.7 Å². The molecule has 1 aromatic heterocycles. The van der Waals surface area contributed by atoms with Gasteiger partial charge in [0.2, 0.25) is 11.5 Å². The number of carbonyl (C=O) groups is 2. The highest BCUT2D eigenvalue weighted by Crippen LogP contribution is 2.15. The highest BCUT2D eigenvalue weighted by atomic mass is 79.9. The smallest absolute Gasteiger partial charge is 0.219 e. The Hall–Kier alpha value is -2.38. The zero-order valence-electron chi connectivity index (χ0n) is 15.7. The van der Waals surface area contributed by atoms with Gasteiger partial charge in [-0.05, 0) is 36.4 Å². The van der Waals surface area contributed by atoms with Crippen LogP contribution in [0, 0.1) is 5.41 Å². The summed E-state index contributed by atoms with van der Waals surface area (Å²) in [6, 6.07) is 14.4. The fourth-order valence-corrected chi connectivity index (χ4v) is 3.09. The third-order valence-corrected chi connectivity index (χ3v) is 4.89. The van der Waals surface area contributed by atoms with Crippen LogP contribution in [0.3, 0.4) is 0 Å². The Bertz CT molecular complexity index is 1060. The van der Waals surface area contributed by atoms with Crippen molar-refractivity contribution in [1.82, 2.24) is 14.0 Å². The van der Waals surface area contributed by atoms with Gasteiger partial charge in [-0.15, -0.1) is 17.0 Å². The van der Waals surface area contributed by atoms with Crippen LogP contribution in [-0.4, -0.2) is 39.3 Å². The van der Waals surface area contributed by atoms with Crippen LogP contribution in [0.4, 0.5) is 0 Å². The second-order valence-electron chi connectivity index (χ2n) is 6.42. The summed E-state index contributed by atoms with van der Waals surface area (Å²) < 4.78 is 3.52. The monoisotopic (exact) mass is 464 g/mol. The number of fused-ring (bicyclic) bond motifs is 1. The van der Waals surface area contributed by atoms with Gasteiger partial charge in [-0.25, -0.2) is 0 Å². The fraction of sp³-hybridized carbons (Fsp3) is 0.250. The molecule has 0 atom stereocenters. The summed E-state index contributed by atoms with van der Waals surface area (Å²) in [4.78, 5) is 25.7. The first kappa shape index (κ1) is 21.9. The number of para-hydroxylation sites is 2. The van der Waals surface area contributed by atoms with Gasteiger partial charge in [0.15, 0.2) is 5.78 Å². The number of amides is 1. The molecule has 0 radical (unpaired) electrons. The fourth-order valence-electron chi connectivity index (χ4n) is 2.96. The minimum Gasteiger partial charge on any atom is -0.344 e. The van der Waals surface area contributed by atoms with Gasteiger partial charge in [-0.3, -0.25) is 15.0 Å². The lowest BCUT2D eigenvalue weighted by Gasteiger charge is -2.15. The van der Waals surface area contributed by atoms with Gasteiger partial charge in [-0.2, -0.15) is 0 Å². The van der Waals surface area contributed by atoms with E-state index < -0.39 is 0 Å². The molecule has 3 aromatic rings. The van der Waals surface area contributed by atoms with Crippen molar-refractivity contribution in [2.75, 3.05) is 13.6 Å². The van der Waals surface area contributed by atoms with E-state index in [2.05, 4.69) is 0 Å². The molecule has 0 unspecified atom stereocenters. The van der Waals surface area contributed by atoms with Gasteiger partial charge in [-0.1, -0.05) is 23.7 Å². The summed E-state index contributed by atoms with van der Waals surface area (Å²) in [5, 5.41) is 9.14. The van der Waals surface area contributed by atoms with Crippen molar-refractivity contribution in [1.29, 1.82) is 5.41 Å². The number of likely N-dealkylation sites (N-methyl/N-ethyl adjacent to an activating group) is 1. The first-order valence-electron chi connectivity index (χ1n) is 8.61. The number of nitrogens with zero attached hydrogens (tertiary/aromatic N) is 3. The van der Waals surface area contributed by atoms with Crippen molar-refractivity contribution in [3.63, 3.8) is 0 Å². The summed E-state index contributed by atoms with van der Waals surface area (Å²) in [5.74, 6) is -0.113. The van der Waals surface area contributed by atoms with Crippen molar-refractivity contribution >= 4 is 51.3 Å². The molecule has 0 spiro atoms. The SMILES string of the molecule is Br.CC(=O)N(C)CCn1c(=N)n(CC(=O)c2ccc(Cl)cc2)c2ccccc21. The summed E-state index contributed by atoms with van der Waals surface area (Å²) in [6.45, 7) is 2.56. The van der Waals surface area contributed by atoms with Gasteiger partial charge in [0, 0.05) is 37.6 Å². The van der Waals surface area contributed by atoms with Gasteiger partial charge in [0.1, 0.15) is 0 Å². The zero-order chi connectivity index (χ0) is 19.6. The highest BCUT2D eigenvalue weighted by molar-refractivity contribution is 8.93. The number of hydrogen-bond acceptors (Lipinski definition) is 3. The Kier molecular flexibility index (Phi) is 7.21. The Balaban J connectivity index is 0.00000280. The maximum atomic E-state index is 12.7. The van der Waals surface area contributed by atoms with Crippen LogP contribution in [0.5, 0.6) is 0 Å². The van der Waals surface area contributed by atoms with Gasteiger partial charge < -0.3 is 14.0 Å². The largest absolute Gasteiger partial charge is 0.344 e. The van der Waals surface area contributed by atoms with Gasteiger partial charge in [0.05, 0.1) is 17.6 Å². The number of imidazole rings is 1. The summed E-state index contributed by atoms with van der Waals surface area (Å²) in [7, 11) is 1.73. The Labute approximate surface area is 178 Å². The number of carbonyl (C=O) groups excluding carboxylic acids is 2. The molecular formula is C20H22BrClN4O2. The second kappa shape index (κ2) is 9.21. The number of hydrogen-bond donors (Lipinski definition) is 1. The maximum Gasteiger partial charge on any atom is 0.219 e. The number of aromatic nitrogens is 2. The molecule has 28 heavy (non-hydrogen) atoms. The average molecular weight is 466 g/mol. The summed E-state index contributed by atoms with van der Waals surface area (Å²) >= 11 is 5.89. The Morgan fingerprint density at radius 3 is 2.18 bits per heavy atom. The molecule has 3 rings (SSSR count). The van der Waals surface area contributed by atoms with Crippen LogP contribution in [0.2, 0.25) is 5.02 Å². The molecule has 0 fully saturated rings. The van der Waals surface area contributed by atoms with E-state index in [1.165, 1.54) is 6.92 Å². The lowest BCUT2D eigenvalue weighted by atomic mass is 10.1. The molecule has 0 aliphatic carbocycles. The van der Waals surface area contributed by atoms with E-state index in [4.69, 9.17) is 17.0 Å². The molecule has 0 aliphatic heterocycles. The van der Waals surface area contributed by atoms with Gasteiger partial charge in [0.25, 0.3) is 0 Å². The third-order valence-electron chi connectivity index (χ3n) is 4.64. The van der Waals surface area contributed by atoms with Crippen molar-refractivity contribution < 1.29 is 9.59 Å². The van der Waals surface area contributed by atoms with E-state index >= 15 is 0 Å². The van der Waals surface area contributed by atoms with E-state index in [-0.39, 0.29) is 40.8 Å². The van der Waals surface area contributed by atoms with Crippen LogP contribution in [0.25, 0.3) is 11.0 Å². The lowest BCUT2D eigenvalue weighted by molar-refractivity contribution is -0.127. The minimum atomic E-state index is -0.0890. The van der Waals surface area contributed by atoms with Crippen molar-refractivity contribution in [2.24, 2.45) is 0 Å². The van der Waals surface area contributed by atoms with Crippen LogP contribution < -0.4 is 5.62 Å². The average Bonchev–Trinajstić information content (AvgIpc) is 2.91. The Morgan fingerprint density at radius 2 is 1.61 bits per heavy atom. The number of ketones is 1. The van der Waals surface area contributed by atoms with Crippen molar-refractivity contribution in [2.45, 2.75) is 20.0 Å². The quantitative estimate of drug-likeness (QED) is 0.566. The minimum absolute atomic E-state index is 0. The normalized spacial score (nSPS) is 10.5. The number of benzene rings is 2. The highest BCUT2D eigenvalue weighted by Gasteiger charge is 2.15. The summed E-state index contributed by atoms with van der Waals surface area (Å²) in [5.41, 5.74) is 2.47. The summed E-state index contributed by atoms with van der Waals surface area (Å²) in [6.07, 6.45) is 0. The van der Waals surface area contributed by atoms with E-state index in [1.807, 2.05) is 28.8 Å². The first-order valence-corrected chi connectivity index (χ1v) is 8.99. The molecule has 8 heteroatoms. The Morgan fingerprint density at radius 1 is 1.04 bits per heavy atom. The van der Waals surface area contributed by atoms with Crippen LogP contribution in [0.15, 0.2) is 48.5 Å². The van der Waals surface area contributed by atoms with E-state index in [0.717, 1.165) is 11.0 Å². The predicted molar refractivity (Wildman–Crippen MR) is 115 cm³/mol. The molecule has 148 valence electrons. The molecule has 1 amide bonds. The molecular weight excluding hydrogens is 444 g/mol. The molecule has 1 N–H and O–H groups in total. The first-order chi connectivity index (χ1) is 12.9. The van der Waals surface area contributed by atoms with Crippen LogP contribution in [0.1, 0.15) is 17.3 Å². The number of nitrogens with one attached hydrogen (secondary N) is 1. The van der Waals surface area contributed by atoms with E-state index in [1.54, 1.807) is 40.8 Å². The molecule has 1 heterocycles. The van der Waals surface area contributed by atoms with E-state index in [9.17, 15) is 9.59 Å². The molecule has 6 nitrogen and oxygen atoms in total. The molecule has 2 aromatic carbocycles. The number of halogens is 2. The maximum absolute atomic E-state index is 12.7. The number of Topliss-reactive ketones (excluding diaryl/α,β-unsaturated/α-hetero) is 1. The van der Waals surface area contributed by atoms with Gasteiger partial charge >= 0.3 is 0 Å². The van der Waals surface area contributed by atoms with Crippen molar-refractivity contribution in [3.8, 4) is 0 Å². The zero-order valence-corrected chi connectivity index (χ0v) is 18.2. The molecule has 0 aliphatic rings. The molecule has 0 bridgehead atoms. The third kappa shape index (κ3) is 4.54. The second-order valence-corrected chi connectivity index (χ2v) is 6.86. The topological polar surface area (TPSA) is 71.1 Å². The van der Waals surface area contributed by atoms with Crippen LogP contribution >= 0.6 is 28.6 Å².